The number of carbonyl (C=O) groups excluding carboxylic acids is 1. The van der Waals surface area contributed by atoms with Crippen LogP contribution in [0.5, 0.6) is 0 Å². The zero-order valence-corrected chi connectivity index (χ0v) is 21.7. The SMILES string of the molecule is Cc1c(C(=O)Nc2ccc(F)c(S(=O)(=O)NC(C)(C)C)c2)cc(-c2ccccc2)n1-c1ccc(F)cc1. The van der Waals surface area contributed by atoms with Crippen LogP contribution in [0.3, 0.4) is 0 Å². The Morgan fingerprint density at radius 2 is 1.54 bits per heavy atom. The van der Waals surface area contributed by atoms with Gasteiger partial charge in [-0.15, -0.1) is 0 Å². The molecule has 192 valence electrons. The first-order chi connectivity index (χ1) is 17.4. The molecule has 1 heterocycles. The lowest BCUT2D eigenvalue weighted by Gasteiger charge is -2.20. The number of sulfonamides is 1. The van der Waals surface area contributed by atoms with Crippen molar-refractivity contribution < 1.29 is 22.0 Å². The van der Waals surface area contributed by atoms with Crippen LogP contribution >= 0.6 is 0 Å². The molecule has 2 N–H and O–H groups in total. The Hall–Kier alpha value is -3.82. The fourth-order valence-corrected chi connectivity index (χ4v) is 5.55. The van der Waals surface area contributed by atoms with Crippen molar-refractivity contribution in [3.05, 3.63) is 102 Å². The molecule has 0 aliphatic carbocycles. The van der Waals surface area contributed by atoms with Crippen LogP contribution in [0.25, 0.3) is 16.9 Å². The van der Waals surface area contributed by atoms with Gasteiger partial charge in [0.15, 0.2) is 0 Å². The zero-order valence-electron chi connectivity index (χ0n) is 20.8. The number of aromatic nitrogens is 1. The highest BCUT2D eigenvalue weighted by Crippen LogP contribution is 2.30. The molecule has 0 spiro atoms. The normalized spacial score (nSPS) is 11.9. The Balaban J connectivity index is 1.74. The van der Waals surface area contributed by atoms with Crippen LogP contribution in [-0.4, -0.2) is 24.4 Å². The van der Waals surface area contributed by atoms with Gasteiger partial charge in [0.05, 0.1) is 11.3 Å². The van der Waals surface area contributed by atoms with Crippen LogP contribution < -0.4 is 10.0 Å². The number of nitrogens with one attached hydrogen (secondary N) is 2. The molecule has 0 aliphatic heterocycles. The van der Waals surface area contributed by atoms with Crippen molar-refractivity contribution in [2.45, 2.75) is 38.1 Å². The van der Waals surface area contributed by atoms with E-state index < -0.39 is 32.2 Å². The summed E-state index contributed by atoms with van der Waals surface area (Å²) >= 11 is 0. The molecule has 1 amide bonds. The van der Waals surface area contributed by atoms with Crippen molar-refractivity contribution in [1.29, 1.82) is 0 Å². The molecule has 0 fully saturated rings. The first-order valence-corrected chi connectivity index (χ1v) is 13.0. The molecule has 0 saturated heterocycles. The van der Waals surface area contributed by atoms with Crippen molar-refractivity contribution in [3.63, 3.8) is 0 Å². The quantitative estimate of drug-likeness (QED) is 0.322. The lowest BCUT2D eigenvalue weighted by molar-refractivity contribution is 0.102. The molecule has 4 rings (SSSR count). The summed E-state index contributed by atoms with van der Waals surface area (Å²) in [5.41, 5.74) is 2.44. The monoisotopic (exact) mass is 523 g/mol. The van der Waals surface area contributed by atoms with Crippen molar-refractivity contribution in [2.75, 3.05) is 5.32 Å². The van der Waals surface area contributed by atoms with Crippen molar-refractivity contribution in [2.24, 2.45) is 0 Å². The second-order valence-electron chi connectivity index (χ2n) is 9.66. The van der Waals surface area contributed by atoms with Gasteiger partial charge >= 0.3 is 0 Å². The summed E-state index contributed by atoms with van der Waals surface area (Å²) in [5.74, 6) is -1.81. The lowest BCUT2D eigenvalue weighted by atomic mass is 10.1. The van der Waals surface area contributed by atoms with Crippen LogP contribution in [0, 0.1) is 18.6 Å². The molecule has 0 saturated carbocycles. The summed E-state index contributed by atoms with van der Waals surface area (Å²) < 4.78 is 57.8. The average molecular weight is 524 g/mol. The summed E-state index contributed by atoms with van der Waals surface area (Å²) in [6.45, 7) is 6.70. The summed E-state index contributed by atoms with van der Waals surface area (Å²) in [7, 11) is -4.17. The molecule has 0 unspecified atom stereocenters. The molecule has 4 aromatic rings. The van der Waals surface area contributed by atoms with Gasteiger partial charge in [0, 0.05) is 22.6 Å². The van der Waals surface area contributed by atoms with Gasteiger partial charge < -0.3 is 9.88 Å². The standard InChI is InChI=1S/C28H27F2N3O3S/c1-18-23(17-25(19-8-6-5-7-9-19)33(18)22-13-10-20(29)11-14-22)27(34)31-21-12-15-24(30)26(16-21)37(35,36)32-28(2,3)4/h5-17,32H,1-4H3,(H,31,34). The fourth-order valence-electron chi connectivity index (χ4n) is 4.02. The molecule has 37 heavy (non-hydrogen) atoms. The molecular formula is C28H27F2N3O3S. The molecule has 0 radical (unpaired) electrons. The number of hydrogen-bond acceptors (Lipinski definition) is 3. The molecule has 9 heteroatoms. The van der Waals surface area contributed by atoms with E-state index in [4.69, 9.17) is 0 Å². The zero-order chi connectivity index (χ0) is 27.0. The molecule has 0 aliphatic rings. The Bertz CT molecular complexity index is 1560. The number of nitrogens with zero attached hydrogens (tertiary/aromatic N) is 1. The second-order valence-corrected chi connectivity index (χ2v) is 11.3. The van der Waals surface area contributed by atoms with E-state index in [1.54, 1.807) is 45.9 Å². The Morgan fingerprint density at radius 3 is 2.16 bits per heavy atom. The van der Waals surface area contributed by atoms with Crippen LogP contribution in [-0.2, 0) is 10.0 Å². The molecule has 1 aromatic heterocycles. The predicted molar refractivity (Wildman–Crippen MR) is 140 cm³/mol. The maximum atomic E-state index is 14.5. The van der Waals surface area contributed by atoms with Gasteiger partial charge in [-0.3, -0.25) is 4.79 Å². The van der Waals surface area contributed by atoms with Gasteiger partial charge in [0.25, 0.3) is 5.91 Å². The average Bonchev–Trinajstić information content (AvgIpc) is 3.17. The Kier molecular flexibility index (Phi) is 7.03. The number of rotatable bonds is 6. The molecule has 0 atom stereocenters. The third kappa shape index (κ3) is 5.79. The summed E-state index contributed by atoms with van der Waals surface area (Å²) in [6, 6.07) is 20.5. The Morgan fingerprint density at radius 1 is 0.892 bits per heavy atom. The number of anilines is 1. The number of benzene rings is 3. The van der Waals surface area contributed by atoms with E-state index in [0.717, 1.165) is 17.7 Å². The van der Waals surface area contributed by atoms with E-state index in [0.29, 0.717) is 22.6 Å². The number of halogens is 2. The van der Waals surface area contributed by atoms with Crippen LogP contribution in [0.2, 0.25) is 0 Å². The maximum absolute atomic E-state index is 14.5. The van der Waals surface area contributed by atoms with E-state index >= 15 is 0 Å². The van der Waals surface area contributed by atoms with E-state index in [2.05, 4.69) is 10.0 Å². The third-order valence-corrected chi connectivity index (χ3v) is 7.34. The van der Waals surface area contributed by atoms with Gasteiger partial charge in [-0.1, -0.05) is 30.3 Å². The van der Waals surface area contributed by atoms with E-state index in [9.17, 15) is 22.0 Å². The summed E-state index contributed by atoms with van der Waals surface area (Å²) in [4.78, 5) is 12.8. The maximum Gasteiger partial charge on any atom is 0.257 e. The van der Waals surface area contributed by atoms with Crippen molar-refractivity contribution in [1.82, 2.24) is 9.29 Å². The van der Waals surface area contributed by atoms with Gasteiger partial charge in [0.1, 0.15) is 16.5 Å². The van der Waals surface area contributed by atoms with Crippen molar-refractivity contribution >= 4 is 21.6 Å². The van der Waals surface area contributed by atoms with Crippen LogP contribution in [0.4, 0.5) is 14.5 Å². The minimum atomic E-state index is -4.17. The van der Waals surface area contributed by atoms with Gasteiger partial charge in [0.2, 0.25) is 10.0 Å². The number of hydrogen-bond donors (Lipinski definition) is 2. The van der Waals surface area contributed by atoms with Crippen molar-refractivity contribution in [3.8, 4) is 16.9 Å². The smallest absolute Gasteiger partial charge is 0.257 e. The van der Waals surface area contributed by atoms with Gasteiger partial charge in [-0.2, -0.15) is 0 Å². The molecule has 0 bridgehead atoms. The highest BCUT2D eigenvalue weighted by atomic mass is 32.2. The topological polar surface area (TPSA) is 80.2 Å². The Labute approximate surface area is 215 Å². The minimum Gasteiger partial charge on any atom is -0.322 e. The van der Waals surface area contributed by atoms with E-state index in [1.807, 2.05) is 34.9 Å². The lowest BCUT2D eigenvalue weighted by Crippen LogP contribution is -2.40. The first-order valence-electron chi connectivity index (χ1n) is 11.5. The first kappa shape index (κ1) is 26.2. The number of carbonyl (C=O) groups is 1. The fraction of sp³-hybridized carbons (Fsp3) is 0.179. The van der Waals surface area contributed by atoms with E-state index in [-0.39, 0.29) is 11.5 Å². The van der Waals surface area contributed by atoms with Gasteiger partial charge in [-0.05, 0) is 81.8 Å². The minimum absolute atomic E-state index is 0.121. The van der Waals surface area contributed by atoms with Gasteiger partial charge in [-0.25, -0.2) is 21.9 Å². The summed E-state index contributed by atoms with van der Waals surface area (Å²) in [5, 5.41) is 2.68. The number of amides is 1. The molecule has 3 aromatic carbocycles. The summed E-state index contributed by atoms with van der Waals surface area (Å²) in [6.07, 6.45) is 0. The second kappa shape index (κ2) is 9.91. The van der Waals surface area contributed by atoms with Crippen LogP contribution in [0.15, 0.2) is 83.8 Å². The highest BCUT2D eigenvalue weighted by molar-refractivity contribution is 7.89. The molecular weight excluding hydrogens is 496 g/mol. The predicted octanol–water partition coefficient (Wildman–Crippen LogP) is 6.06. The largest absolute Gasteiger partial charge is 0.322 e. The molecule has 6 nitrogen and oxygen atoms in total. The highest BCUT2D eigenvalue weighted by Gasteiger charge is 2.26. The van der Waals surface area contributed by atoms with Crippen LogP contribution in [0.1, 0.15) is 36.8 Å². The van der Waals surface area contributed by atoms with E-state index in [1.165, 1.54) is 18.2 Å². The third-order valence-electron chi connectivity index (χ3n) is 5.57.